The molecule has 1 saturated heterocycles. The number of carbonyl (C=O) groups excluding carboxylic acids is 4. The third-order valence-electron chi connectivity index (χ3n) is 7.41. The Balaban J connectivity index is 1.76. The van der Waals surface area contributed by atoms with Crippen molar-refractivity contribution in [2.24, 2.45) is 23.5 Å². The van der Waals surface area contributed by atoms with Gasteiger partial charge in [0.1, 0.15) is 18.1 Å². The average molecular weight is 504 g/mol. The highest BCUT2D eigenvalue weighted by Crippen LogP contribution is 2.36. The number of nitrogens with one attached hydrogen (secondary N) is 1. The molecule has 1 aliphatic carbocycles. The van der Waals surface area contributed by atoms with Crippen molar-refractivity contribution in [3.63, 3.8) is 0 Å². The van der Waals surface area contributed by atoms with Crippen molar-refractivity contribution in [1.29, 1.82) is 0 Å². The van der Waals surface area contributed by atoms with Crippen LogP contribution in [0.5, 0.6) is 0 Å². The van der Waals surface area contributed by atoms with Crippen molar-refractivity contribution >= 4 is 23.5 Å². The number of Topliss-reactive ketones (excluding diaryl/α,β-unsaturated/α-hetero) is 1. The Morgan fingerprint density at radius 1 is 0.946 bits per heavy atom. The van der Waals surface area contributed by atoms with E-state index in [9.17, 15) is 19.2 Å². The molecular weight excluding hydrogens is 466 g/mol. The Morgan fingerprint density at radius 2 is 1.54 bits per heavy atom. The second-order valence-electron chi connectivity index (χ2n) is 11.3. The number of amides is 3. The van der Waals surface area contributed by atoms with E-state index < -0.39 is 24.0 Å². The number of rotatable bonds is 9. The third-order valence-corrected chi connectivity index (χ3v) is 7.41. The molecule has 0 bridgehead atoms. The van der Waals surface area contributed by atoms with Crippen LogP contribution in [0.1, 0.15) is 73.6 Å². The fraction of sp³-hybridized carbons (Fsp3) is 0.467. The maximum atomic E-state index is 14.3. The van der Waals surface area contributed by atoms with E-state index in [1.54, 1.807) is 29.2 Å². The fourth-order valence-corrected chi connectivity index (χ4v) is 5.72. The number of piperazine rings is 1. The number of primary amides is 1. The molecule has 196 valence electrons. The Bertz CT molecular complexity index is 1160. The largest absolute Gasteiger partial charge is 0.366 e. The van der Waals surface area contributed by atoms with Crippen LogP contribution >= 0.6 is 0 Å². The number of nitrogens with two attached hydrogens (primary N) is 1. The smallest absolute Gasteiger partial charge is 0.248 e. The first kappa shape index (κ1) is 26.6. The van der Waals surface area contributed by atoms with Crippen molar-refractivity contribution in [2.45, 2.75) is 71.5 Å². The van der Waals surface area contributed by atoms with Gasteiger partial charge in [0.2, 0.25) is 17.7 Å². The van der Waals surface area contributed by atoms with Crippen molar-refractivity contribution in [2.75, 3.05) is 0 Å². The average Bonchev–Trinajstić information content (AvgIpc) is 3.27. The van der Waals surface area contributed by atoms with Crippen molar-refractivity contribution < 1.29 is 19.2 Å². The number of nitrogens with zero attached hydrogens (tertiary/aromatic N) is 1. The van der Waals surface area contributed by atoms with Gasteiger partial charge < -0.3 is 16.0 Å². The Kier molecular flexibility index (Phi) is 7.81. The number of fused-ring (bicyclic) bond motifs is 1. The minimum atomic E-state index is -0.919. The summed E-state index contributed by atoms with van der Waals surface area (Å²) < 4.78 is 0. The molecule has 0 aromatic heterocycles. The van der Waals surface area contributed by atoms with Crippen molar-refractivity contribution in [1.82, 2.24) is 10.2 Å². The highest BCUT2D eigenvalue weighted by Gasteiger charge is 2.49. The van der Waals surface area contributed by atoms with Crippen molar-refractivity contribution in [3.05, 3.63) is 70.8 Å². The highest BCUT2D eigenvalue weighted by atomic mass is 16.2. The second kappa shape index (κ2) is 10.9. The SMILES string of the molecule is CC(C)CC(=O)[C@@H](c1ccc(C(N)=O)cc1)N1C(=O)[C@@H](C2Cc3ccccc3C2)NC(=O)[C@H]1CC(C)C. The zero-order valence-electron chi connectivity index (χ0n) is 22.1. The van der Waals surface area contributed by atoms with Crippen LogP contribution in [0, 0.1) is 17.8 Å². The quantitative estimate of drug-likeness (QED) is 0.545. The van der Waals surface area contributed by atoms with Crippen LogP contribution < -0.4 is 11.1 Å². The van der Waals surface area contributed by atoms with E-state index in [1.165, 1.54) is 11.1 Å². The van der Waals surface area contributed by atoms with Gasteiger partial charge in [0.25, 0.3) is 0 Å². The summed E-state index contributed by atoms with van der Waals surface area (Å²) in [6.07, 6.45) is 2.11. The number of carbonyl (C=O) groups is 4. The molecule has 0 saturated carbocycles. The monoisotopic (exact) mass is 503 g/mol. The van der Waals surface area contributed by atoms with E-state index in [0.29, 0.717) is 30.4 Å². The topological polar surface area (TPSA) is 110 Å². The van der Waals surface area contributed by atoms with Gasteiger partial charge >= 0.3 is 0 Å². The molecular formula is C30H37N3O4. The molecule has 1 heterocycles. The molecule has 7 heteroatoms. The molecule has 0 unspecified atom stereocenters. The zero-order valence-corrected chi connectivity index (χ0v) is 22.1. The van der Waals surface area contributed by atoms with Crippen LogP contribution in [0.3, 0.4) is 0 Å². The van der Waals surface area contributed by atoms with E-state index in [0.717, 1.165) is 0 Å². The number of ketones is 1. The Hall–Kier alpha value is -3.48. The van der Waals surface area contributed by atoms with Crippen LogP contribution in [0.15, 0.2) is 48.5 Å². The Morgan fingerprint density at radius 3 is 2.05 bits per heavy atom. The highest BCUT2D eigenvalue weighted by molar-refractivity contribution is 6.01. The van der Waals surface area contributed by atoms with Gasteiger partial charge in [-0.05, 0) is 65.8 Å². The van der Waals surface area contributed by atoms with Gasteiger partial charge in [-0.15, -0.1) is 0 Å². The summed E-state index contributed by atoms with van der Waals surface area (Å²) >= 11 is 0. The first-order valence-electron chi connectivity index (χ1n) is 13.2. The van der Waals surface area contributed by atoms with Gasteiger partial charge in [-0.2, -0.15) is 0 Å². The standard InChI is InChI=1S/C30H37N3O4/c1-17(2)13-24-29(36)32-26(23-15-21-7-5-6-8-22(21)16-23)30(37)33(24)27(25(34)14-18(3)4)19-9-11-20(12-10-19)28(31)35/h5-12,17-18,23-24,26-27H,13-16H2,1-4H3,(H2,31,35)(H,32,36)/t24-,26-,27-/m1/s1. The lowest BCUT2D eigenvalue weighted by Crippen LogP contribution is -2.66. The van der Waals surface area contributed by atoms with Gasteiger partial charge in [-0.1, -0.05) is 64.1 Å². The molecule has 0 radical (unpaired) electrons. The van der Waals surface area contributed by atoms with E-state index >= 15 is 0 Å². The first-order chi connectivity index (χ1) is 17.6. The van der Waals surface area contributed by atoms with E-state index in [2.05, 4.69) is 17.4 Å². The van der Waals surface area contributed by atoms with Crippen LogP contribution in [0.4, 0.5) is 0 Å². The van der Waals surface area contributed by atoms with Gasteiger partial charge in [-0.3, -0.25) is 19.2 Å². The third kappa shape index (κ3) is 5.60. The summed E-state index contributed by atoms with van der Waals surface area (Å²) in [6.45, 7) is 7.92. The molecule has 1 aliphatic heterocycles. The predicted molar refractivity (Wildman–Crippen MR) is 142 cm³/mol. The summed E-state index contributed by atoms with van der Waals surface area (Å²) in [6, 6.07) is 12.2. The molecule has 0 spiro atoms. The summed E-state index contributed by atoms with van der Waals surface area (Å²) in [5.74, 6) is -0.978. The van der Waals surface area contributed by atoms with Gasteiger partial charge in [0, 0.05) is 12.0 Å². The molecule has 37 heavy (non-hydrogen) atoms. The normalized spacial score (nSPS) is 20.8. The molecule has 3 N–H and O–H groups in total. The van der Waals surface area contributed by atoms with Crippen LogP contribution in [-0.4, -0.2) is 40.5 Å². The van der Waals surface area contributed by atoms with Gasteiger partial charge in [0.15, 0.2) is 5.78 Å². The van der Waals surface area contributed by atoms with Crippen LogP contribution in [-0.2, 0) is 27.2 Å². The molecule has 7 nitrogen and oxygen atoms in total. The molecule has 4 rings (SSSR count). The van der Waals surface area contributed by atoms with Crippen LogP contribution in [0.25, 0.3) is 0 Å². The molecule has 2 aromatic rings. The summed E-state index contributed by atoms with van der Waals surface area (Å²) in [7, 11) is 0. The summed E-state index contributed by atoms with van der Waals surface area (Å²) in [4.78, 5) is 54.8. The second-order valence-corrected chi connectivity index (χ2v) is 11.3. The number of benzene rings is 2. The summed E-state index contributed by atoms with van der Waals surface area (Å²) in [5.41, 5.74) is 8.72. The van der Waals surface area contributed by atoms with E-state index in [4.69, 9.17) is 5.73 Å². The van der Waals surface area contributed by atoms with E-state index in [-0.39, 0.29) is 41.8 Å². The zero-order chi connectivity index (χ0) is 26.9. The lowest BCUT2D eigenvalue weighted by atomic mass is 9.86. The fourth-order valence-electron chi connectivity index (χ4n) is 5.72. The van der Waals surface area contributed by atoms with Gasteiger partial charge in [-0.25, -0.2) is 0 Å². The maximum absolute atomic E-state index is 14.3. The molecule has 2 aliphatic rings. The maximum Gasteiger partial charge on any atom is 0.248 e. The Labute approximate surface area is 218 Å². The first-order valence-corrected chi connectivity index (χ1v) is 13.2. The van der Waals surface area contributed by atoms with E-state index in [1.807, 2.05) is 39.8 Å². The predicted octanol–water partition coefficient (Wildman–Crippen LogP) is 3.60. The molecule has 2 aromatic carbocycles. The van der Waals surface area contributed by atoms with Crippen LogP contribution in [0.2, 0.25) is 0 Å². The number of hydrogen-bond acceptors (Lipinski definition) is 4. The molecule has 3 amide bonds. The lowest BCUT2D eigenvalue weighted by Gasteiger charge is -2.45. The van der Waals surface area contributed by atoms with Gasteiger partial charge in [0.05, 0.1) is 0 Å². The van der Waals surface area contributed by atoms with Crippen molar-refractivity contribution in [3.8, 4) is 0 Å². The molecule has 1 fully saturated rings. The lowest BCUT2D eigenvalue weighted by molar-refractivity contribution is -0.157. The summed E-state index contributed by atoms with van der Waals surface area (Å²) in [5, 5.41) is 3.04. The minimum Gasteiger partial charge on any atom is -0.366 e. The minimum absolute atomic E-state index is 0.0746. The number of hydrogen-bond donors (Lipinski definition) is 2. The molecule has 3 atom stereocenters.